The van der Waals surface area contributed by atoms with Crippen LogP contribution >= 0.6 is 0 Å². The third-order valence-corrected chi connectivity index (χ3v) is 4.52. The molecule has 3 unspecified atom stereocenters. The Morgan fingerprint density at radius 2 is 1.94 bits per heavy atom. The molecule has 2 aliphatic rings. The standard InChI is InChI=1S/C14H28N2/c1-11(2)12-5-4-6-13(9-12)15-14-7-8-16(3)10-14/h11-15H,4-10H2,1-3H3. The van der Waals surface area contributed by atoms with Gasteiger partial charge < -0.3 is 10.2 Å². The maximum absolute atomic E-state index is 3.89. The van der Waals surface area contributed by atoms with Crippen LogP contribution in [0.15, 0.2) is 0 Å². The van der Waals surface area contributed by atoms with E-state index in [4.69, 9.17) is 0 Å². The van der Waals surface area contributed by atoms with E-state index < -0.39 is 0 Å². The van der Waals surface area contributed by atoms with E-state index >= 15 is 0 Å². The van der Waals surface area contributed by atoms with E-state index in [0.29, 0.717) is 0 Å². The summed E-state index contributed by atoms with van der Waals surface area (Å²) >= 11 is 0. The largest absolute Gasteiger partial charge is 0.310 e. The summed E-state index contributed by atoms with van der Waals surface area (Å²) in [6.45, 7) is 7.30. The van der Waals surface area contributed by atoms with Crippen LogP contribution in [0.5, 0.6) is 0 Å². The summed E-state index contributed by atoms with van der Waals surface area (Å²) in [5.74, 6) is 1.83. The Kier molecular flexibility index (Phi) is 4.26. The fraction of sp³-hybridized carbons (Fsp3) is 1.00. The zero-order valence-corrected chi connectivity index (χ0v) is 11.2. The molecule has 0 amide bonds. The van der Waals surface area contributed by atoms with Crippen LogP contribution in [0.1, 0.15) is 46.0 Å². The number of rotatable bonds is 3. The Hall–Kier alpha value is -0.0800. The third kappa shape index (κ3) is 3.21. The summed E-state index contributed by atoms with van der Waals surface area (Å²) in [5.41, 5.74) is 0. The van der Waals surface area contributed by atoms with Gasteiger partial charge in [-0.2, -0.15) is 0 Å². The quantitative estimate of drug-likeness (QED) is 0.792. The molecule has 1 N–H and O–H groups in total. The molecule has 3 atom stereocenters. The maximum atomic E-state index is 3.89. The lowest BCUT2D eigenvalue weighted by Crippen LogP contribution is -2.42. The van der Waals surface area contributed by atoms with Crippen molar-refractivity contribution in [3.8, 4) is 0 Å². The molecule has 0 bridgehead atoms. The van der Waals surface area contributed by atoms with E-state index in [-0.39, 0.29) is 0 Å². The van der Waals surface area contributed by atoms with Crippen LogP contribution in [0, 0.1) is 11.8 Å². The van der Waals surface area contributed by atoms with Gasteiger partial charge in [0.15, 0.2) is 0 Å². The van der Waals surface area contributed by atoms with E-state index in [1.807, 2.05) is 0 Å². The van der Waals surface area contributed by atoms with Crippen LogP contribution in [0.4, 0.5) is 0 Å². The molecule has 1 saturated carbocycles. The van der Waals surface area contributed by atoms with Crippen LogP contribution < -0.4 is 5.32 Å². The molecule has 2 nitrogen and oxygen atoms in total. The molecule has 0 aromatic carbocycles. The van der Waals surface area contributed by atoms with E-state index in [0.717, 1.165) is 23.9 Å². The molecule has 1 aliphatic carbocycles. The summed E-state index contributed by atoms with van der Waals surface area (Å²) in [7, 11) is 2.24. The Morgan fingerprint density at radius 1 is 1.12 bits per heavy atom. The van der Waals surface area contributed by atoms with Crippen molar-refractivity contribution in [2.75, 3.05) is 20.1 Å². The molecule has 94 valence electrons. The van der Waals surface area contributed by atoms with Crippen molar-refractivity contribution in [2.24, 2.45) is 11.8 Å². The van der Waals surface area contributed by atoms with Gasteiger partial charge in [0.25, 0.3) is 0 Å². The minimum Gasteiger partial charge on any atom is -0.310 e. The molecule has 2 fully saturated rings. The van der Waals surface area contributed by atoms with Crippen molar-refractivity contribution >= 4 is 0 Å². The van der Waals surface area contributed by atoms with Gasteiger partial charge in [0.1, 0.15) is 0 Å². The molecule has 2 rings (SSSR count). The molecule has 1 saturated heterocycles. The first-order valence-electron chi connectivity index (χ1n) is 7.09. The van der Waals surface area contributed by atoms with Gasteiger partial charge in [0.05, 0.1) is 0 Å². The molecule has 2 heteroatoms. The van der Waals surface area contributed by atoms with Crippen molar-refractivity contribution in [1.82, 2.24) is 10.2 Å². The first kappa shape index (κ1) is 12.4. The highest BCUT2D eigenvalue weighted by molar-refractivity contribution is 4.86. The van der Waals surface area contributed by atoms with Gasteiger partial charge >= 0.3 is 0 Å². The second kappa shape index (κ2) is 5.50. The van der Waals surface area contributed by atoms with Crippen LogP contribution in [-0.2, 0) is 0 Å². The Labute approximate surface area is 101 Å². The van der Waals surface area contributed by atoms with Gasteiger partial charge in [0.2, 0.25) is 0 Å². The summed E-state index contributed by atoms with van der Waals surface area (Å²) in [6, 6.07) is 1.57. The number of likely N-dealkylation sites (tertiary alicyclic amines) is 1. The van der Waals surface area contributed by atoms with Crippen molar-refractivity contribution in [3.05, 3.63) is 0 Å². The predicted molar refractivity (Wildman–Crippen MR) is 69.6 cm³/mol. The average Bonchev–Trinajstić information content (AvgIpc) is 2.64. The van der Waals surface area contributed by atoms with Gasteiger partial charge in [-0.1, -0.05) is 26.7 Å². The Balaban J connectivity index is 1.77. The molecule has 0 spiro atoms. The monoisotopic (exact) mass is 224 g/mol. The number of hydrogen-bond acceptors (Lipinski definition) is 2. The number of hydrogen-bond donors (Lipinski definition) is 1. The van der Waals surface area contributed by atoms with Crippen LogP contribution in [0.2, 0.25) is 0 Å². The number of likely N-dealkylation sites (N-methyl/N-ethyl adjacent to an activating group) is 1. The molecule has 1 aliphatic heterocycles. The van der Waals surface area contributed by atoms with Crippen molar-refractivity contribution in [2.45, 2.75) is 58.0 Å². The van der Waals surface area contributed by atoms with Gasteiger partial charge in [-0.3, -0.25) is 0 Å². The highest BCUT2D eigenvalue weighted by atomic mass is 15.2. The highest BCUT2D eigenvalue weighted by Gasteiger charge is 2.27. The maximum Gasteiger partial charge on any atom is 0.0209 e. The zero-order valence-electron chi connectivity index (χ0n) is 11.2. The number of nitrogens with one attached hydrogen (secondary N) is 1. The molecule has 0 aromatic heterocycles. The SMILES string of the molecule is CC(C)C1CCCC(NC2CCN(C)C2)C1. The van der Waals surface area contributed by atoms with Gasteiger partial charge in [-0.15, -0.1) is 0 Å². The Bertz CT molecular complexity index is 215. The fourth-order valence-electron chi connectivity index (χ4n) is 3.39. The summed E-state index contributed by atoms with van der Waals surface area (Å²) < 4.78 is 0. The van der Waals surface area contributed by atoms with Gasteiger partial charge in [-0.25, -0.2) is 0 Å². The Morgan fingerprint density at radius 3 is 2.56 bits per heavy atom. The smallest absolute Gasteiger partial charge is 0.0209 e. The molecule has 16 heavy (non-hydrogen) atoms. The van der Waals surface area contributed by atoms with Gasteiger partial charge in [0, 0.05) is 18.6 Å². The summed E-state index contributed by atoms with van der Waals surface area (Å²) in [6.07, 6.45) is 7.06. The van der Waals surface area contributed by atoms with Gasteiger partial charge in [-0.05, 0) is 44.7 Å². The minimum absolute atomic E-state index is 0.765. The van der Waals surface area contributed by atoms with E-state index in [1.54, 1.807) is 0 Å². The normalized spacial score (nSPS) is 37.1. The van der Waals surface area contributed by atoms with E-state index in [2.05, 4.69) is 31.1 Å². The van der Waals surface area contributed by atoms with Crippen molar-refractivity contribution in [1.29, 1.82) is 0 Å². The zero-order chi connectivity index (χ0) is 11.5. The molecular formula is C14H28N2. The molecular weight excluding hydrogens is 196 g/mol. The lowest BCUT2D eigenvalue weighted by Gasteiger charge is -2.33. The van der Waals surface area contributed by atoms with Crippen LogP contribution in [0.3, 0.4) is 0 Å². The topological polar surface area (TPSA) is 15.3 Å². The third-order valence-electron chi connectivity index (χ3n) is 4.52. The van der Waals surface area contributed by atoms with E-state index in [1.165, 1.54) is 45.2 Å². The van der Waals surface area contributed by atoms with Crippen molar-refractivity contribution in [3.63, 3.8) is 0 Å². The molecule has 0 radical (unpaired) electrons. The minimum atomic E-state index is 0.765. The fourth-order valence-corrected chi connectivity index (χ4v) is 3.39. The lowest BCUT2D eigenvalue weighted by atomic mass is 9.79. The second-order valence-electron chi connectivity index (χ2n) is 6.28. The summed E-state index contributed by atoms with van der Waals surface area (Å²) in [4.78, 5) is 2.44. The number of nitrogens with zero attached hydrogens (tertiary/aromatic N) is 1. The lowest BCUT2D eigenvalue weighted by molar-refractivity contribution is 0.220. The highest BCUT2D eigenvalue weighted by Crippen LogP contribution is 2.30. The predicted octanol–water partition coefficient (Wildman–Crippen LogP) is 2.49. The van der Waals surface area contributed by atoms with Crippen molar-refractivity contribution < 1.29 is 0 Å². The first-order valence-corrected chi connectivity index (χ1v) is 7.09. The first-order chi connectivity index (χ1) is 7.65. The second-order valence-corrected chi connectivity index (χ2v) is 6.28. The summed E-state index contributed by atoms with van der Waals surface area (Å²) in [5, 5.41) is 3.89. The van der Waals surface area contributed by atoms with Crippen LogP contribution in [0.25, 0.3) is 0 Å². The van der Waals surface area contributed by atoms with Crippen LogP contribution in [-0.4, -0.2) is 37.1 Å². The average molecular weight is 224 g/mol. The molecule has 0 aromatic rings. The molecule has 1 heterocycles. The van der Waals surface area contributed by atoms with E-state index in [9.17, 15) is 0 Å².